The number of methoxy groups -OCH3 is 1. The second-order valence-electron chi connectivity index (χ2n) is 3.57. The fourth-order valence-electron chi connectivity index (χ4n) is 1.27. The van der Waals surface area contributed by atoms with E-state index in [-0.39, 0.29) is 18.9 Å². The summed E-state index contributed by atoms with van der Waals surface area (Å²) in [4.78, 5) is 22.3. The van der Waals surface area contributed by atoms with Gasteiger partial charge < -0.3 is 15.2 Å². The molecule has 1 aromatic rings. The zero-order valence-electron chi connectivity index (χ0n) is 10.1. The van der Waals surface area contributed by atoms with Crippen molar-refractivity contribution in [3.63, 3.8) is 0 Å². The normalized spacial score (nSPS) is 9.67. The van der Waals surface area contributed by atoms with E-state index in [9.17, 15) is 9.59 Å². The molecule has 0 atom stereocenters. The Morgan fingerprint density at radius 2 is 1.72 bits per heavy atom. The van der Waals surface area contributed by atoms with Crippen molar-refractivity contribution in [2.24, 2.45) is 0 Å². The van der Waals surface area contributed by atoms with Gasteiger partial charge in [0, 0.05) is 24.4 Å². The van der Waals surface area contributed by atoms with Gasteiger partial charge >= 0.3 is 6.09 Å². The van der Waals surface area contributed by atoms with Crippen LogP contribution in [0.25, 0.3) is 0 Å². The number of carbonyl (C=O) groups is 2. The Labute approximate surface area is 105 Å². The largest absolute Gasteiger partial charge is 0.453 e. The summed E-state index contributed by atoms with van der Waals surface area (Å²) in [5.74, 6) is -0.155. The molecule has 0 bridgehead atoms. The molecule has 0 spiro atoms. The van der Waals surface area contributed by atoms with Gasteiger partial charge in [-0.1, -0.05) is 0 Å². The Balaban J connectivity index is 2.49. The van der Waals surface area contributed by atoms with E-state index in [1.807, 2.05) is 0 Å². The number of amides is 2. The molecule has 0 aliphatic heterocycles. The van der Waals surface area contributed by atoms with Gasteiger partial charge in [0.15, 0.2) is 0 Å². The number of benzene rings is 1. The van der Waals surface area contributed by atoms with Crippen LogP contribution < -0.4 is 10.6 Å². The van der Waals surface area contributed by atoms with Gasteiger partial charge in [-0.05, 0) is 30.7 Å². The molecule has 0 saturated carbocycles. The van der Waals surface area contributed by atoms with Gasteiger partial charge in [0.1, 0.15) is 0 Å². The van der Waals surface area contributed by atoms with Crippen LogP contribution in [-0.2, 0) is 9.53 Å². The lowest BCUT2D eigenvalue weighted by Gasteiger charge is -2.07. The molecule has 0 fully saturated rings. The molecule has 0 saturated heterocycles. The second kappa shape index (κ2) is 7.29. The third kappa shape index (κ3) is 4.84. The van der Waals surface area contributed by atoms with E-state index in [1.54, 1.807) is 24.3 Å². The van der Waals surface area contributed by atoms with Crippen LogP contribution in [0.15, 0.2) is 24.3 Å². The Kier molecular flexibility index (Phi) is 5.66. The molecule has 6 heteroatoms. The summed E-state index contributed by atoms with van der Waals surface area (Å²) < 4.78 is 4.45. The van der Waals surface area contributed by atoms with Crippen molar-refractivity contribution in [1.82, 2.24) is 0 Å². The molecule has 0 aliphatic rings. The van der Waals surface area contributed by atoms with Crippen molar-refractivity contribution in [2.45, 2.75) is 12.8 Å². The van der Waals surface area contributed by atoms with E-state index in [0.717, 1.165) is 0 Å². The molecular weight excluding hydrogens is 236 g/mol. The van der Waals surface area contributed by atoms with Crippen molar-refractivity contribution in [1.29, 1.82) is 0 Å². The Morgan fingerprint density at radius 3 is 2.22 bits per heavy atom. The maximum atomic E-state index is 11.4. The Bertz CT molecular complexity index is 403. The van der Waals surface area contributed by atoms with Gasteiger partial charge in [0.2, 0.25) is 5.91 Å². The smallest absolute Gasteiger partial charge is 0.411 e. The van der Waals surface area contributed by atoms with Gasteiger partial charge in [-0.25, -0.2) is 4.79 Å². The van der Waals surface area contributed by atoms with Crippen LogP contribution in [0, 0.1) is 0 Å². The average molecular weight is 252 g/mol. The van der Waals surface area contributed by atoms with Crippen LogP contribution in [0.2, 0.25) is 0 Å². The number of aliphatic hydroxyl groups is 1. The lowest BCUT2D eigenvalue weighted by molar-refractivity contribution is -0.116. The second-order valence-corrected chi connectivity index (χ2v) is 3.57. The first-order chi connectivity index (χ1) is 8.65. The standard InChI is InChI=1S/C12H16N2O4/c1-18-12(17)14-10-6-4-9(5-7-10)13-11(16)3-2-8-15/h4-7,15H,2-3,8H2,1H3,(H,13,16)(H,14,17). The van der Waals surface area contributed by atoms with Crippen LogP contribution >= 0.6 is 0 Å². The minimum absolute atomic E-state index is 0.00456. The first-order valence-corrected chi connectivity index (χ1v) is 5.51. The number of nitrogens with one attached hydrogen (secondary N) is 2. The maximum absolute atomic E-state index is 11.4. The van der Waals surface area contributed by atoms with Gasteiger partial charge in [0.05, 0.1) is 7.11 Å². The molecule has 1 rings (SSSR count). The van der Waals surface area contributed by atoms with Gasteiger partial charge in [-0.3, -0.25) is 10.1 Å². The first-order valence-electron chi connectivity index (χ1n) is 5.51. The summed E-state index contributed by atoms with van der Waals surface area (Å²) in [7, 11) is 1.28. The summed E-state index contributed by atoms with van der Waals surface area (Å²) in [5, 5.41) is 13.8. The third-order valence-electron chi connectivity index (χ3n) is 2.16. The van der Waals surface area contributed by atoms with Crippen molar-refractivity contribution in [2.75, 3.05) is 24.4 Å². The number of ether oxygens (including phenoxy) is 1. The number of anilines is 2. The van der Waals surface area contributed by atoms with Crippen molar-refractivity contribution in [3.8, 4) is 0 Å². The lowest BCUT2D eigenvalue weighted by atomic mass is 10.2. The number of aliphatic hydroxyl groups excluding tert-OH is 1. The molecule has 0 heterocycles. The van der Waals surface area contributed by atoms with Crippen molar-refractivity contribution >= 4 is 23.4 Å². The number of carbonyl (C=O) groups excluding carboxylic acids is 2. The van der Waals surface area contributed by atoms with E-state index in [0.29, 0.717) is 17.8 Å². The van der Waals surface area contributed by atoms with Crippen LogP contribution in [0.4, 0.5) is 16.2 Å². The zero-order chi connectivity index (χ0) is 13.4. The van der Waals surface area contributed by atoms with E-state index in [4.69, 9.17) is 5.11 Å². The summed E-state index contributed by atoms with van der Waals surface area (Å²) in [5.41, 5.74) is 1.21. The molecule has 0 aliphatic carbocycles. The van der Waals surface area contributed by atoms with Gasteiger partial charge in [-0.15, -0.1) is 0 Å². The predicted molar refractivity (Wildman–Crippen MR) is 67.4 cm³/mol. The zero-order valence-corrected chi connectivity index (χ0v) is 10.1. The summed E-state index contributed by atoms with van der Waals surface area (Å²) >= 11 is 0. The van der Waals surface area contributed by atoms with Crippen molar-refractivity contribution in [3.05, 3.63) is 24.3 Å². The highest BCUT2D eigenvalue weighted by molar-refractivity contribution is 5.91. The summed E-state index contributed by atoms with van der Waals surface area (Å²) in [6.45, 7) is -0.00456. The van der Waals surface area contributed by atoms with Crippen LogP contribution in [0.3, 0.4) is 0 Å². The highest BCUT2D eigenvalue weighted by atomic mass is 16.5. The minimum Gasteiger partial charge on any atom is -0.453 e. The van der Waals surface area contributed by atoms with E-state index in [2.05, 4.69) is 15.4 Å². The van der Waals surface area contributed by atoms with E-state index >= 15 is 0 Å². The summed E-state index contributed by atoms with van der Waals surface area (Å²) in [6.07, 6.45) is 0.168. The maximum Gasteiger partial charge on any atom is 0.411 e. The fraction of sp³-hybridized carbons (Fsp3) is 0.333. The van der Waals surface area contributed by atoms with E-state index < -0.39 is 6.09 Å². The Morgan fingerprint density at radius 1 is 1.17 bits per heavy atom. The highest BCUT2D eigenvalue weighted by Gasteiger charge is 2.03. The van der Waals surface area contributed by atoms with Gasteiger partial charge in [-0.2, -0.15) is 0 Å². The van der Waals surface area contributed by atoms with E-state index in [1.165, 1.54) is 7.11 Å². The number of hydrogen-bond acceptors (Lipinski definition) is 4. The number of rotatable bonds is 5. The number of hydrogen-bond donors (Lipinski definition) is 3. The molecule has 6 nitrogen and oxygen atoms in total. The average Bonchev–Trinajstić information content (AvgIpc) is 2.38. The third-order valence-corrected chi connectivity index (χ3v) is 2.16. The van der Waals surface area contributed by atoms with Gasteiger partial charge in [0.25, 0.3) is 0 Å². The molecule has 0 radical (unpaired) electrons. The molecule has 1 aromatic carbocycles. The van der Waals surface area contributed by atoms with Crippen LogP contribution in [0.1, 0.15) is 12.8 Å². The molecule has 3 N–H and O–H groups in total. The molecule has 0 unspecified atom stereocenters. The molecule has 0 aromatic heterocycles. The van der Waals surface area contributed by atoms with Crippen molar-refractivity contribution < 1.29 is 19.4 Å². The Hall–Kier alpha value is -2.08. The fourth-order valence-corrected chi connectivity index (χ4v) is 1.27. The molecule has 98 valence electrons. The van der Waals surface area contributed by atoms with Crippen LogP contribution in [0.5, 0.6) is 0 Å². The first kappa shape index (κ1) is 14.0. The molecule has 2 amide bonds. The van der Waals surface area contributed by atoms with Crippen LogP contribution in [-0.4, -0.2) is 30.8 Å². The monoisotopic (exact) mass is 252 g/mol. The SMILES string of the molecule is COC(=O)Nc1ccc(NC(=O)CCCO)cc1. The highest BCUT2D eigenvalue weighted by Crippen LogP contribution is 2.14. The molecular formula is C12H16N2O4. The minimum atomic E-state index is -0.547. The lowest BCUT2D eigenvalue weighted by Crippen LogP contribution is -2.12. The molecule has 18 heavy (non-hydrogen) atoms. The summed E-state index contributed by atoms with van der Waals surface area (Å²) in [6, 6.07) is 6.64. The predicted octanol–water partition coefficient (Wildman–Crippen LogP) is 1.58. The quantitative estimate of drug-likeness (QED) is 0.742. The topological polar surface area (TPSA) is 87.7 Å².